The van der Waals surface area contributed by atoms with Crippen LogP contribution in [0, 0.1) is 0 Å². The number of aliphatic hydroxyl groups is 1. The number of amides is 1. The summed E-state index contributed by atoms with van der Waals surface area (Å²) in [5.41, 5.74) is 2.26. The number of nitrogens with zero attached hydrogens (tertiary/aromatic N) is 2. The zero-order valence-corrected chi connectivity index (χ0v) is 18.5. The van der Waals surface area contributed by atoms with Gasteiger partial charge >= 0.3 is 0 Å². The number of anilines is 1. The Kier molecular flexibility index (Phi) is 5.84. The topological polar surface area (TPSA) is 131 Å². The second-order valence-electron chi connectivity index (χ2n) is 7.54. The minimum absolute atomic E-state index is 0.0639. The van der Waals surface area contributed by atoms with E-state index in [1.807, 2.05) is 19.1 Å². The van der Waals surface area contributed by atoms with Crippen molar-refractivity contribution < 1.29 is 23.1 Å². The number of primary sulfonamides is 1. The fourth-order valence-corrected chi connectivity index (χ4v) is 4.33. The molecule has 4 rings (SSSR count). The Bertz CT molecular complexity index is 1350. The molecule has 168 valence electrons. The number of aryl methyl sites for hydroxylation is 1. The molecule has 0 radical (unpaired) electrons. The van der Waals surface area contributed by atoms with Gasteiger partial charge in [0.05, 0.1) is 16.5 Å². The molecule has 0 saturated carbocycles. The van der Waals surface area contributed by atoms with Gasteiger partial charge in [0, 0.05) is 23.6 Å². The van der Waals surface area contributed by atoms with E-state index in [1.165, 1.54) is 41.6 Å². The number of ketones is 1. The average molecular weight is 464 g/mol. The van der Waals surface area contributed by atoms with Gasteiger partial charge < -0.3 is 5.11 Å². The minimum atomic E-state index is -3.93. The summed E-state index contributed by atoms with van der Waals surface area (Å²) in [5.74, 6) is -1.97. The van der Waals surface area contributed by atoms with Gasteiger partial charge in [-0.3, -0.25) is 19.5 Å². The van der Waals surface area contributed by atoms with Gasteiger partial charge in [0.1, 0.15) is 5.76 Å². The summed E-state index contributed by atoms with van der Waals surface area (Å²) >= 11 is 0. The van der Waals surface area contributed by atoms with Gasteiger partial charge in [0.25, 0.3) is 11.7 Å². The molecule has 0 spiro atoms. The van der Waals surface area contributed by atoms with Crippen molar-refractivity contribution in [1.82, 2.24) is 4.98 Å². The van der Waals surface area contributed by atoms with E-state index in [0.29, 0.717) is 11.1 Å². The van der Waals surface area contributed by atoms with Gasteiger partial charge in [-0.2, -0.15) is 0 Å². The van der Waals surface area contributed by atoms with Crippen molar-refractivity contribution in [1.29, 1.82) is 0 Å². The molecule has 3 aromatic rings. The molecule has 1 atom stereocenters. The van der Waals surface area contributed by atoms with Gasteiger partial charge in [-0.25, -0.2) is 13.6 Å². The summed E-state index contributed by atoms with van der Waals surface area (Å²) in [4.78, 5) is 31.3. The quantitative estimate of drug-likeness (QED) is 0.340. The average Bonchev–Trinajstić information content (AvgIpc) is 3.09. The molecule has 1 amide bonds. The molecular formula is C24H21N3O5S. The molecule has 2 heterocycles. The summed E-state index contributed by atoms with van der Waals surface area (Å²) in [5, 5.41) is 16.3. The second-order valence-corrected chi connectivity index (χ2v) is 9.10. The number of sulfonamides is 1. The molecule has 1 unspecified atom stereocenters. The number of pyridine rings is 1. The van der Waals surface area contributed by atoms with Crippen LogP contribution in [-0.4, -0.2) is 30.2 Å². The van der Waals surface area contributed by atoms with E-state index in [1.54, 1.807) is 24.3 Å². The Labute approximate surface area is 191 Å². The van der Waals surface area contributed by atoms with E-state index in [-0.39, 0.29) is 21.9 Å². The summed E-state index contributed by atoms with van der Waals surface area (Å²) in [6, 6.07) is 14.8. The molecule has 1 saturated heterocycles. The maximum Gasteiger partial charge on any atom is 0.300 e. The first-order valence-corrected chi connectivity index (χ1v) is 11.7. The molecule has 33 heavy (non-hydrogen) atoms. The van der Waals surface area contributed by atoms with Gasteiger partial charge in [-0.1, -0.05) is 31.2 Å². The van der Waals surface area contributed by atoms with Crippen LogP contribution in [-0.2, 0) is 26.0 Å². The van der Waals surface area contributed by atoms with E-state index in [4.69, 9.17) is 5.14 Å². The molecule has 1 aliphatic rings. The van der Waals surface area contributed by atoms with Crippen LogP contribution in [0.15, 0.2) is 83.5 Å². The predicted molar refractivity (Wildman–Crippen MR) is 123 cm³/mol. The first-order valence-electron chi connectivity index (χ1n) is 10.2. The van der Waals surface area contributed by atoms with Crippen molar-refractivity contribution in [3.05, 3.63) is 95.3 Å². The Balaban J connectivity index is 1.89. The third-order valence-corrected chi connectivity index (χ3v) is 6.47. The summed E-state index contributed by atoms with van der Waals surface area (Å²) in [6.45, 7) is 2.00. The van der Waals surface area contributed by atoms with Crippen LogP contribution in [0.5, 0.6) is 0 Å². The number of nitrogens with two attached hydrogens (primary N) is 1. The molecular weight excluding hydrogens is 442 g/mol. The van der Waals surface area contributed by atoms with Crippen LogP contribution in [0.4, 0.5) is 5.69 Å². The SMILES string of the molecule is CCc1ccc(/C(O)=C2\C(=O)C(=O)N(c3ccc(S(N)(=O)=O)cc3)C2c2ccncc2)cc1. The lowest BCUT2D eigenvalue weighted by molar-refractivity contribution is -0.132. The largest absolute Gasteiger partial charge is 0.507 e. The number of carbonyl (C=O) groups excluding carboxylic acids is 2. The fourth-order valence-electron chi connectivity index (χ4n) is 3.81. The number of hydrogen-bond donors (Lipinski definition) is 2. The van der Waals surface area contributed by atoms with Crippen LogP contribution < -0.4 is 10.0 Å². The van der Waals surface area contributed by atoms with Crippen LogP contribution in [0.2, 0.25) is 0 Å². The lowest BCUT2D eigenvalue weighted by Crippen LogP contribution is -2.29. The standard InChI is InChI=1S/C24H21N3O5S/c1-2-15-3-5-17(6-4-15)22(28)20-21(16-11-13-26-14-12-16)27(24(30)23(20)29)18-7-9-19(10-8-18)33(25,31)32/h3-14,21,28H,2H2,1H3,(H2,25,31,32)/b22-20+. The van der Waals surface area contributed by atoms with Crippen molar-refractivity contribution >= 4 is 33.2 Å². The van der Waals surface area contributed by atoms with E-state index >= 15 is 0 Å². The molecule has 1 fully saturated rings. The monoisotopic (exact) mass is 463 g/mol. The molecule has 1 aliphatic heterocycles. The van der Waals surface area contributed by atoms with E-state index in [2.05, 4.69) is 4.98 Å². The first-order chi connectivity index (χ1) is 15.7. The molecule has 0 bridgehead atoms. The first kappa shape index (κ1) is 22.4. The van der Waals surface area contributed by atoms with Crippen molar-refractivity contribution in [3.63, 3.8) is 0 Å². The number of aliphatic hydroxyl groups excluding tert-OH is 1. The highest BCUT2D eigenvalue weighted by Crippen LogP contribution is 2.42. The van der Waals surface area contributed by atoms with Crippen molar-refractivity contribution in [3.8, 4) is 0 Å². The highest BCUT2D eigenvalue weighted by molar-refractivity contribution is 7.89. The van der Waals surface area contributed by atoms with Gasteiger partial charge in [-0.05, 0) is 53.9 Å². The van der Waals surface area contributed by atoms with Crippen molar-refractivity contribution in [2.24, 2.45) is 5.14 Å². The molecule has 9 heteroatoms. The van der Waals surface area contributed by atoms with E-state index in [9.17, 15) is 23.1 Å². The maximum atomic E-state index is 13.1. The normalized spacial score (nSPS) is 18.0. The van der Waals surface area contributed by atoms with Crippen LogP contribution in [0.1, 0.15) is 29.7 Å². The van der Waals surface area contributed by atoms with Crippen LogP contribution in [0.25, 0.3) is 5.76 Å². The van der Waals surface area contributed by atoms with Crippen LogP contribution in [0.3, 0.4) is 0 Å². The Morgan fingerprint density at radius 1 is 1.00 bits per heavy atom. The fraction of sp³-hybridized carbons (Fsp3) is 0.125. The lowest BCUT2D eigenvalue weighted by Gasteiger charge is -2.25. The van der Waals surface area contributed by atoms with E-state index in [0.717, 1.165) is 12.0 Å². The molecule has 0 aliphatic carbocycles. The number of Topliss-reactive ketones (excluding diaryl/α,β-unsaturated/α-hetero) is 1. The Morgan fingerprint density at radius 2 is 1.61 bits per heavy atom. The molecule has 8 nitrogen and oxygen atoms in total. The summed E-state index contributed by atoms with van der Waals surface area (Å²) < 4.78 is 23.2. The third-order valence-electron chi connectivity index (χ3n) is 5.55. The Hall–Kier alpha value is -3.82. The highest BCUT2D eigenvalue weighted by atomic mass is 32.2. The van der Waals surface area contributed by atoms with Gasteiger partial charge in [-0.15, -0.1) is 0 Å². The Morgan fingerprint density at radius 3 is 2.15 bits per heavy atom. The number of carbonyl (C=O) groups is 2. The molecule has 2 aromatic carbocycles. The lowest BCUT2D eigenvalue weighted by atomic mass is 9.95. The second kappa shape index (κ2) is 8.61. The van der Waals surface area contributed by atoms with Gasteiger partial charge in [0.15, 0.2) is 0 Å². The smallest absolute Gasteiger partial charge is 0.300 e. The number of hydrogen-bond acceptors (Lipinski definition) is 6. The summed E-state index contributed by atoms with van der Waals surface area (Å²) in [6.07, 6.45) is 3.86. The zero-order chi connectivity index (χ0) is 23.8. The minimum Gasteiger partial charge on any atom is -0.507 e. The van der Waals surface area contributed by atoms with E-state index < -0.39 is 27.8 Å². The summed E-state index contributed by atoms with van der Waals surface area (Å²) in [7, 11) is -3.93. The number of benzene rings is 2. The molecule has 3 N–H and O–H groups in total. The highest BCUT2D eigenvalue weighted by Gasteiger charge is 2.47. The zero-order valence-electron chi connectivity index (χ0n) is 17.7. The molecule has 1 aromatic heterocycles. The number of rotatable bonds is 5. The van der Waals surface area contributed by atoms with Crippen LogP contribution >= 0.6 is 0 Å². The third kappa shape index (κ3) is 4.15. The maximum absolute atomic E-state index is 13.1. The predicted octanol–water partition coefficient (Wildman–Crippen LogP) is 2.92. The van der Waals surface area contributed by atoms with Crippen molar-refractivity contribution in [2.45, 2.75) is 24.3 Å². The van der Waals surface area contributed by atoms with Crippen molar-refractivity contribution in [2.75, 3.05) is 4.90 Å². The number of aromatic nitrogens is 1. The van der Waals surface area contributed by atoms with Gasteiger partial charge in [0.2, 0.25) is 10.0 Å².